The zero-order chi connectivity index (χ0) is 11.6. The van der Waals surface area contributed by atoms with Crippen molar-refractivity contribution in [3.8, 4) is 0 Å². The summed E-state index contributed by atoms with van der Waals surface area (Å²) < 4.78 is 0.918. The first kappa shape index (κ1) is 11.8. The van der Waals surface area contributed by atoms with Gasteiger partial charge in [-0.2, -0.15) is 0 Å². The van der Waals surface area contributed by atoms with Gasteiger partial charge in [-0.1, -0.05) is 26.7 Å². The van der Waals surface area contributed by atoms with Crippen LogP contribution in [-0.4, -0.2) is 16.0 Å². The fourth-order valence-electron chi connectivity index (χ4n) is 2.30. The van der Waals surface area contributed by atoms with Gasteiger partial charge in [-0.25, -0.2) is 9.97 Å². The second kappa shape index (κ2) is 4.70. The Morgan fingerprint density at radius 1 is 1.31 bits per heavy atom. The lowest BCUT2D eigenvalue weighted by molar-refractivity contribution is 0.216. The van der Waals surface area contributed by atoms with Crippen LogP contribution in [0.1, 0.15) is 39.5 Å². The summed E-state index contributed by atoms with van der Waals surface area (Å²) in [6.45, 7) is 4.64. The first-order valence-corrected chi connectivity index (χ1v) is 6.61. The van der Waals surface area contributed by atoms with E-state index in [1.807, 2.05) is 0 Å². The third-order valence-electron chi connectivity index (χ3n) is 3.43. The molecule has 1 fully saturated rings. The highest BCUT2D eigenvalue weighted by atomic mass is 79.9. The molecule has 1 aliphatic rings. The average Bonchev–Trinajstić information content (AvgIpc) is 2.24. The normalized spacial score (nSPS) is 24.1. The Labute approximate surface area is 105 Å². The first-order chi connectivity index (χ1) is 7.58. The number of nitrogens with zero attached hydrogens (tertiary/aromatic N) is 2. The van der Waals surface area contributed by atoms with Crippen molar-refractivity contribution in [3.05, 3.63) is 16.9 Å². The van der Waals surface area contributed by atoms with Crippen molar-refractivity contribution < 1.29 is 0 Å². The van der Waals surface area contributed by atoms with E-state index in [-0.39, 0.29) is 0 Å². The summed E-state index contributed by atoms with van der Waals surface area (Å²) in [6.07, 6.45) is 8.70. The Kier molecular flexibility index (Phi) is 3.47. The van der Waals surface area contributed by atoms with Crippen molar-refractivity contribution in [2.45, 2.75) is 45.6 Å². The maximum Gasteiger partial charge on any atom is 0.222 e. The Morgan fingerprint density at radius 3 is 2.62 bits per heavy atom. The molecule has 0 amide bonds. The second-order valence-corrected chi connectivity index (χ2v) is 6.07. The number of anilines is 1. The van der Waals surface area contributed by atoms with Crippen LogP contribution >= 0.6 is 15.9 Å². The van der Waals surface area contributed by atoms with Gasteiger partial charge >= 0.3 is 0 Å². The summed E-state index contributed by atoms with van der Waals surface area (Å²) in [5.74, 6) is 0.739. The molecule has 1 unspecified atom stereocenters. The van der Waals surface area contributed by atoms with Gasteiger partial charge in [0.05, 0.1) is 4.47 Å². The minimum absolute atomic E-state index is 0.342. The zero-order valence-electron chi connectivity index (χ0n) is 9.83. The Balaban J connectivity index is 2.05. The van der Waals surface area contributed by atoms with E-state index in [0.29, 0.717) is 11.5 Å². The van der Waals surface area contributed by atoms with Crippen LogP contribution in [0.25, 0.3) is 0 Å². The monoisotopic (exact) mass is 283 g/mol. The van der Waals surface area contributed by atoms with E-state index in [2.05, 4.69) is 45.1 Å². The molecule has 0 aliphatic heterocycles. The molecule has 0 bridgehead atoms. The van der Waals surface area contributed by atoms with Gasteiger partial charge in [0.25, 0.3) is 0 Å². The van der Waals surface area contributed by atoms with Crippen molar-refractivity contribution >= 4 is 21.9 Å². The molecular weight excluding hydrogens is 266 g/mol. The summed E-state index contributed by atoms with van der Waals surface area (Å²) in [7, 11) is 0. The number of rotatable bonds is 2. The molecule has 1 heterocycles. The van der Waals surface area contributed by atoms with Gasteiger partial charge in [-0.05, 0) is 34.2 Å². The maximum atomic E-state index is 4.27. The second-order valence-electron chi connectivity index (χ2n) is 5.16. The standard InChI is InChI=1S/C12H18BrN3/c1-12(2)6-4-3-5-10(12)16-11-14-7-9(13)8-15-11/h7-8,10H,3-6H2,1-2H3,(H,14,15,16). The highest BCUT2D eigenvalue weighted by Gasteiger charge is 2.32. The minimum Gasteiger partial charge on any atom is -0.351 e. The lowest BCUT2D eigenvalue weighted by atomic mass is 9.73. The van der Waals surface area contributed by atoms with Crippen molar-refractivity contribution in [2.75, 3.05) is 5.32 Å². The van der Waals surface area contributed by atoms with E-state index in [0.717, 1.165) is 10.4 Å². The topological polar surface area (TPSA) is 37.8 Å². The van der Waals surface area contributed by atoms with Gasteiger partial charge in [0.1, 0.15) is 0 Å². The van der Waals surface area contributed by atoms with Crippen LogP contribution in [0.2, 0.25) is 0 Å². The molecule has 16 heavy (non-hydrogen) atoms. The molecule has 0 spiro atoms. The largest absolute Gasteiger partial charge is 0.351 e. The average molecular weight is 284 g/mol. The molecule has 1 aliphatic carbocycles. The summed E-state index contributed by atoms with van der Waals surface area (Å²) >= 11 is 3.34. The fourth-order valence-corrected chi connectivity index (χ4v) is 2.51. The van der Waals surface area contributed by atoms with E-state index < -0.39 is 0 Å². The van der Waals surface area contributed by atoms with Gasteiger partial charge < -0.3 is 5.32 Å². The molecule has 1 N–H and O–H groups in total. The molecule has 1 aromatic heterocycles. The maximum absolute atomic E-state index is 4.27. The van der Waals surface area contributed by atoms with Crippen LogP contribution in [0, 0.1) is 5.41 Å². The third kappa shape index (κ3) is 2.73. The summed E-state index contributed by atoms with van der Waals surface area (Å²) in [4.78, 5) is 8.54. The van der Waals surface area contributed by atoms with Gasteiger partial charge in [-0.15, -0.1) is 0 Å². The molecule has 2 rings (SSSR count). The van der Waals surface area contributed by atoms with Crippen molar-refractivity contribution in [3.63, 3.8) is 0 Å². The van der Waals surface area contributed by atoms with Crippen LogP contribution in [0.4, 0.5) is 5.95 Å². The summed E-state index contributed by atoms with van der Waals surface area (Å²) in [6, 6.07) is 0.488. The predicted molar refractivity (Wildman–Crippen MR) is 69.4 cm³/mol. The Bertz CT molecular complexity index is 348. The number of aromatic nitrogens is 2. The third-order valence-corrected chi connectivity index (χ3v) is 3.84. The van der Waals surface area contributed by atoms with E-state index in [1.165, 1.54) is 25.7 Å². The lowest BCUT2D eigenvalue weighted by Gasteiger charge is -2.39. The molecular formula is C12H18BrN3. The molecule has 0 saturated heterocycles. The lowest BCUT2D eigenvalue weighted by Crippen LogP contribution is -2.39. The first-order valence-electron chi connectivity index (χ1n) is 5.82. The van der Waals surface area contributed by atoms with Gasteiger partial charge in [0.15, 0.2) is 0 Å². The minimum atomic E-state index is 0.342. The van der Waals surface area contributed by atoms with Crippen LogP contribution in [-0.2, 0) is 0 Å². The molecule has 88 valence electrons. The highest BCUT2D eigenvalue weighted by molar-refractivity contribution is 9.10. The van der Waals surface area contributed by atoms with Crippen molar-refractivity contribution in [1.82, 2.24) is 9.97 Å². The van der Waals surface area contributed by atoms with E-state index in [9.17, 15) is 0 Å². The SMILES string of the molecule is CC1(C)CCCCC1Nc1ncc(Br)cn1. The van der Waals surface area contributed by atoms with E-state index >= 15 is 0 Å². The molecule has 4 heteroatoms. The Morgan fingerprint density at radius 2 is 2.00 bits per heavy atom. The van der Waals surface area contributed by atoms with Crippen LogP contribution < -0.4 is 5.32 Å². The summed E-state index contributed by atoms with van der Waals surface area (Å²) in [5, 5.41) is 3.46. The number of halogens is 1. The highest BCUT2D eigenvalue weighted by Crippen LogP contribution is 2.36. The van der Waals surface area contributed by atoms with Crippen LogP contribution in [0.15, 0.2) is 16.9 Å². The van der Waals surface area contributed by atoms with Crippen LogP contribution in [0.5, 0.6) is 0 Å². The number of hydrogen-bond donors (Lipinski definition) is 1. The summed E-state index contributed by atoms with van der Waals surface area (Å²) in [5.41, 5.74) is 0.342. The molecule has 0 aromatic carbocycles. The van der Waals surface area contributed by atoms with Crippen molar-refractivity contribution in [2.24, 2.45) is 5.41 Å². The molecule has 1 atom stereocenters. The van der Waals surface area contributed by atoms with Crippen molar-refractivity contribution in [1.29, 1.82) is 0 Å². The van der Waals surface area contributed by atoms with Gasteiger partial charge in [0, 0.05) is 18.4 Å². The predicted octanol–water partition coefficient (Wildman–Crippen LogP) is 3.62. The molecule has 3 nitrogen and oxygen atoms in total. The molecule has 1 saturated carbocycles. The Hall–Kier alpha value is -0.640. The molecule has 1 aromatic rings. The zero-order valence-corrected chi connectivity index (χ0v) is 11.4. The molecule has 0 radical (unpaired) electrons. The van der Waals surface area contributed by atoms with Gasteiger partial charge in [0.2, 0.25) is 5.95 Å². The van der Waals surface area contributed by atoms with Gasteiger partial charge in [-0.3, -0.25) is 0 Å². The smallest absolute Gasteiger partial charge is 0.222 e. The number of nitrogens with one attached hydrogen (secondary N) is 1. The van der Waals surface area contributed by atoms with E-state index in [1.54, 1.807) is 12.4 Å². The quantitative estimate of drug-likeness (QED) is 0.901. The van der Waals surface area contributed by atoms with Crippen LogP contribution in [0.3, 0.4) is 0 Å². The van der Waals surface area contributed by atoms with E-state index in [4.69, 9.17) is 0 Å². The number of hydrogen-bond acceptors (Lipinski definition) is 3. The fraction of sp³-hybridized carbons (Fsp3) is 0.667.